The lowest BCUT2D eigenvalue weighted by atomic mass is 9.98. The number of carbonyl (C=O) groups is 1. The number of halogens is 1. The van der Waals surface area contributed by atoms with Gasteiger partial charge in [0.2, 0.25) is 0 Å². The van der Waals surface area contributed by atoms with Crippen molar-refractivity contribution in [1.82, 2.24) is 20.1 Å². The second kappa shape index (κ2) is 7.06. The number of anilines is 3. The van der Waals surface area contributed by atoms with Crippen LogP contribution in [0.25, 0.3) is 5.65 Å². The molecule has 0 atom stereocenters. The molecule has 2 fully saturated rings. The highest BCUT2D eigenvalue weighted by molar-refractivity contribution is 5.99. The van der Waals surface area contributed by atoms with E-state index in [1.54, 1.807) is 19.2 Å². The lowest BCUT2D eigenvalue weighted by Gasteiger charge is -2.13. The standard InChI is InChI=1S/C22H23FN6O3/c1-24-18-8-17(26-16-7-13(23)6-15-19(16)31-11-22(15)4-5-22)27-20-14(9-25-29(18)20)21(30)28-32-10-12-2-3-12/h6-9,12,24H,2-5,10-11H2,1H3,(H,26,27)(H,28,30). The third-order valence-electron chi connectivity index (χ3n) is 6.39. The quantitative estimate of drug-likeness (QED) is 0.487. The van der Waals surface area contributed by atoms with Crippen molar-refractivity contribution in [1.29, 1.82) is 0 Å². The van der Waals surface area contributed by atoms with Crippen molar-refractivity contribution in [3.63, 3.8) is 0 Å². The maximum Gasteiger partial charge on any atom is 0.280 e. The van der Waals surface area contributed by atoms with Gasteiger partial charge in [0.1, 0.15) is 28.8 Å². The Morgan fingerprint density at radius 3 is 2.94 bits per heavy atom. The van der Waals surface area contributed by atoms with E-state index in [1.807, 2.05) is 0 Å². The molecule has 2 aliphatic carbocycles. The number of hydrogen-bond acceptors (Lipinski definition) is 7. The van der Waals surface area contributed by atoms with Gasteiger partial charge in [-0.15, -0.1) is 0 Å². The van der Waals surface area contributed by atoms with Crippen LogP contribution in [-0.4, -0.2) is 40.8 Å². The number of ether oxygens (including phenoxy) is 1. The number of benzene rings is 1. The zero-order valence-corrected chi connectivity index (χ0v) is 17.6. The van der Waals surface area contributed by atoms with E-state index in [1.165, 1.54) is 16.8 Å². The van der Waals surface area contributed by atoms with Crippen molar-refractivity contribution in [2.24, 2.45) is 5.92 Å². The van der Waals surface area contributed by atoms with Gasteiger partial charge in [-0.1, -0.05) is 0 Å². The van der Waals surface area contributed by atoms with Gasteiger partial charge in [0, 0.05) is 30.2 Å². The van der Waals surface area contributed by atoms with Gasteiger partial charge in [-0.3, -0.25) is 9.63 Å². The van der Waals surface area contributed by atoms with Crippen molar-refractivity contribution >= 4 is 28.9 Å². The van der Waals surface area contributed by atoms with Crippen LogP contribution in [0.2, 0.25) is 0 Å². The molecule has 2 aromatic heterocycles. The molecule has 1 spiro atoms. The van der Waals surface area contributed by atoms with E-state index in [0.29, 0.717) is 47.9 Å². The molecule has 2 saturated carbocycles. The number of nitrogens with one attached hydrogen (secondary N) is 3. The van der Waals surface area contributed by atoms with Crippen molar-refractivity contribution in [3.8, 4) is 5.75 Å². The maximum atomic E-state index is 14.4. The SMILES string of the molecule is CNc1cc(Nc2cc(F)cc3c2OCC32CC2)nc2c(C(=O)NOCC3CC3)cnn12. The second-order valence-corrected chi connectivity index (χ2v) is 8.78. The Morgan fingerprint density at radius 1 is 1.34 bits per heavy atom. The minimum absolute atomic E-state index is 0.0431. The molecule has 3 heterocycles. The van der Waals surface area contributed by atoms with E-state index < -0.39 is 5.91 Å². The number of hydrogen-bond donors (Lipinski definition) is 3. The van der Waals surface area contributed by atoms with Gasteiger partial charge in [-0.05, 0) is 37.7 Å². The third kappa shape index (κ3) is 3.22. The number of carbonyl (C=O) groups excluding carboxylic acids is 1. The molecule has 1 aliphatic heterocycles. The summed E-state index contributed by atoms with van der Waals surface area (Å²) in [5, 5.41) is 10.5. The lowest BCUT2D eigenvalue weighted by Crippen LogP contribution is -2.24. The van der Waals surface area contributed by atoms with Crippen LogP contribution in [0.5, 0.6) is 5.75 Å². The van der Waals surface area contributed by atoms with Gasteiger partial charge in [0.15, 0.2) is 5.65 Å². The molecule has 0 bridgehead atoms. The molecular formula is C22H23FN6O3. The molecular weight excluding hydrogens is 415 g/mol. The largest absolute Gasteiger partial charge is 0.490 e. The smallest absolute Gasteiger partial charge is 0.280 e. The molecule has 10 heteroatoms. The number of aromatic nitrogens is 3. The summed E-state index contributed by atoms with van der Waals surface area (Å²) < 4.78 is 21.8. The summed E-state index contributed by atoms with van der Waals surface area (Å²) >= 11 is 0. The maximum absolute atomic E-state index is 14.4. The molecule has 6 rings (SSSR count). The van der Waals surface area contributed by atoms with E-state index >= 15 is 0 Å². The predicted molar refractivity (Wildman–Crippen MR) is 115 cm³/mol. The first-order valence-corrected chi connectivity index (χ1v) is 10.8. The molecule has 3 aliphatic rings. The van der Waals surface area contributed by atoms with Crippen LogP contribution in [0, 0.1) is 11.7 Å². The summed E-state index contributed by atoms with van der Waals surface area (Å²) in [4.78, 5) is 22.5. The minimum atomic E-state index is -0.419. The van der Waals surface area contributed by atoms with Crippen LogP contribution in [0.1, 0.15) is 41.6 Å². The first-order chi connectivity index (χ1) is 15.6. The van der Waals surface area contributed by atoms with Gasteiger partial charge >= 0.3 is 0 Å². The van der Waals surface area contributed by atoms with Crippen LogP contribution in [0.3, 0.4) is 0 Å². The van der Waals surface area contributed by atoms with Crippen LogP contribution >= 0.6 is 0 Å². The highest BCUT2D eigenvalue weighted by atomic mass is 19.1. The van der Waals surface area contributed by atoms with E-state index in [2.05, 4.69) is 26.2 Å². The Morgan fingerprint density at radius 2 is 2.19 bits per heavy atom. The Labute approximate surface area is 183 Å². The van der Waals surface area contributed by atoms with Crippen LogP contribution in [0.4, 0.5) is 21.7 Å². The van der Waals surface area contributed by atoms with Gasteiger partial charge in [-0.25, -0.2) is 14.9 Å². The minimum Gasteiger partial charge on any atom is -0.490 e. The van der Waals surface area contributed by atoms with Crippen molar-refractivity contribution in [2.45, 2.75) is 31.1 Å². The first-order valence-electron chi connectivity index (χ1n) is 10.8. The summed E-state index contributed by atoms with van der Waals surface area (Å²) in [6, 6.07) is 4.71. The third-order valence-corrected chi connectivity index (χ3v) is 6.39. The summed E-state index contributed by atoms with van der Waals surface area (Å²) in [6.45, 7) is 1.07. The van der Waals surface area contributed by atoms with Gasteiger partial charge in [-0.2, -0.15) is 9.61 Å². The summed E-state index contributed by atoms with van der Waals surface area (Å²) in [6.07, 6.45) is 5.72. The summed E-state index contributed by atoms with van der Waals surface area (Å²) in [5.74, 6) is 1.49. The van der Waals surface area contributed by atoms with E-state index in [4.69, 9.17) is 9.57 Å². The van der Waals surface area contributed by atoms with E-state index in [9.17, 15) is 9.18 Å². The molecule has 3 N–H and O–H groups in total. The van der Waals surface area contributed by atoms with Gasteiger partial charge in [0.25, 0.3) is 5.91 Å². The molecule has 1 amide bonds. The molecule has 32 heavy (non-hydrogen) atoms. The fourth-order valence-electron chi connectivity index (χ4n) is 4.16. The summed E-state index contributed by atoms with van der Waals surface area (Å²) in [5.41, 5.74) is 4.47. The Balaban J connectivity index is 1.33. The highest BCUT2D eigenvalue weighted by Gasteiger charge is 2.51. The molecule has 0 radical (unpaired) electrons. The fourth-order valence-corrected chi connectivity index (χ4v) is 4.16. The monoisotopic (exact) mass is 438 g/mol. The normalized spacial score (nSPS) is 17.8. The first kappa shape index (κ1) is 19.3. The van der Waals surface area contributed by atoms with Crippen molar-refractivity contribution < 1.29 is 18.8 Å². The Kier molecular flexibility index (Phi) is 4.26. The Bertz CT molecular complexity index is 1230. The van der Waals surface area contributed by atoms with E-state index in [0.717, 1.165) is 31.2 Å². The zero-order valence-electron chi connectivity index (χ0n) is 17.6. The number of rotatable bonds is 7. The van der Waals surface area contributed by atoms with Gasteiger partial charge in [0.05, 0.1) is 25.1 Å². The number of hydroxylamine groups is 1. The lowest BCUT2D eigenvalue weighted by molar-refractivity contribution is 0.0271. The summed E-state index contributed by atoms with van der Waals surface area (Å²) in [7, 11) is 1.75. The molecule has 1 aromatic carbocycles. The Hall–Kier alpha value is -3.40. The number of fused-ring (bicyclic) bond motifs is 3. The molecule has 0 saturated heterocycles. The van der Waals surface area contributed by atoms with Gasteiger partial charge < -0.3 is 15.4 Å². The molecule has 166 valence electrons. The average molecular weight is 438 g/mol. The highest BCUT2D eigenvalue weighted by Crippen LogP contribution is 2.57. The fraction of sp³-hybridized carbons (Fsp3) is 0.409. The molecule has 0 unspecified atom stereocenters. The van der Waals surface area contributed by atoms with Crippen LogP contribution in [0.15, 0.2) is 24.4 Å². The topological polar surface area (TPSA) is 102 Å². The van der Waals surface area contributed by atoms with Crippen LogP contribution in [-0.2, 0) is 10.3 Å². The van der Waals surface area contributed by atoms with Crippen molar-refractivity contribution in [2.75, 3.05) is 30.9 Å². The number of amides is 1. The van der Waals surface area contributed by atoms with Crippen LogP contribution < -0.4 is 20.9 Å². The second-order valence-electron chi connectivity index (χ2n) is 8.78. The molecule has 9 nitrogen and oxygen atoms in total. The van der Waals surface area contributed by atoms with Crippen molar-refractivity contribution in [3.05, 3.63) is 41.3 Å². The zero-order chi connectivity index (χ0) is 21.9. The number of nitrogens with zero attached hydrogens (tertiary/aromatic N) is 3. The average Bonchev–Trinajstić information content (AvgIpc) is 3.68. The predicted octanol–water partition coefficient (Wildman–Crippen LogP) is 3.15. The van der Waals surface area contributed by atoms with E-state index in [-0.39, 0.29) is 16.8 Å². The molecule has 3 aromatic rings.